The van der Waals surface area contributed by atoms with Crippen molar-refractivity contribution in [3.63, 3.8) is 0 Å². The van der Waals surface area contributed by atoms with Crippen molar-refractivity contribution in [1.82, 2.24) is 30.7 Å². The van der Waals surface area contributed by atoms with Crippen molar-refractivity contribution in [1.29, 1.82) is 0 Å². The number of H-pyrrole nitrogens is 1. The molecule has 29 heavy (non-hydrogen) atoms. The Balaban J connectivity index is 0.00000420. The molecule has 2 rings (SSSR count). The van der Waals surface area contributed by atoms with E-state index in [1.54, 1.807) is 14.2 Å². The van der Waals surface area contributed by atoms with Crippen LogP contribution >= 0.6 is 24.0 Å². The smallest absolute Gasteiger partial charge is 0.191 e. The molecule has 2 aromatic rings. The zero-order valence-corrected chi connectivity index (χ0v) is 20.5. The molecule has 3 N–H and O–H groups in total. The van der Waals surface area contributed by atoms with Crippen LogP contribution in [0.25, 0.3) is 11.4 Å². The summed E-state index contributed by atoms with van der Waals surface area (Å²) >= 11 is 0. The summed E-state index contributed by atoms with van der Waals surface area (Å²) < 4.78 is 5.18. The number of aromatic nitrogens is 3. The fourth-order valence-corrected chi connectivity index (χ4v) is 3.05. The predicted molar refractivity (Wildman–Crippen MR) is 129 cm³/mol. The third-order valence-electron chi connectivity index (χ3n) is 4.52. The van der Waals surface area contributed by atoms with Gasteiger partial charge in [0.2, 0.25) is 0 Å². The highest BCUT2D eigenvalue weighted by molar-refractivity contribution is 14.0. The van der Waals surface area contributed by atoms with Gasteiger partial charge in [0.25, 0.3) is 0 Å². The van der Waals surface area contributed by atoms with Gasteiger partial charge < -0.3 is 15.4 Å². The first-order valence-corrected chi connectivity index (χ1v) is 9.70. The van der Waals surface area contributed by atoms with Crippen molar-refractivity contribution in [2.75, 3.05) is 27.2 Å². The number of benzene rings is 1. The summed E-state index contributed by atoms with van der Waals surface area (Å²) in [6, 6.07) is 8.70. The summed E-state index contributed by atoms with van der Waals surface area (Å²) in [5.74, 6) is 2.96. The third kappa shape index (κ3) is 7.81. The molecule has 0 saturated carbocycles. The Morgan fingerprint density at radius 1 is 1.14 bits per heavy atom. The zero-order valence-electron chi connectivity index (χ0n) is 18.2. The van der Waals surface area contributed by atoms with E-state index in [1.165, 1.54) is 0 Å². The zero-order chi connectivity index (χ0) is 20.5. The molecule has 9 heteroatoms. The number of guanidine groups is 1. The van der Waals surface area contributed by atoms with E-state index in [0.717, 1.165) is 36.2 Å². The number of nitrogens with zero attached hydrogens (tertiary/aromatic N) is 4. The number of rotatable bonds is 9. The Morgan fingerprint density at radius 2 is 1.79 bits per heavy atom. The van der Waals surface area contributed by atoms with Crippen LogP contribution in [0.3, 0.4) is 0 Å². The van der Waals surface area contributed by atoms with Gasteiger partial charge in [-0.3, -0.25) is 15.0 Å². The Kier molecular flexibility index (Phi) is 11.0. The van der Waals surface area contributed by atoms with Crippen LogP contribution in [0.1, 0.15) is 33.5 Å². The quantitative estimate of drug-likeness (QED) is 0.271. The van der Waals surface area contributed by atoms with E-state index in [2.05, 4.69) is 63.4 Å². The van der Waals surface area contributed by atoms with Gasteiger partial charge in [0.1, 0.15) is 11.6 Å². The van der Waals surface area contributed by atoms with Gasteiger partial charge in [-0.2, -0.15) is 5.10 Å². The molecule has 1 aromatic carbocycles. The number of hydrogen-bond acceptors (Lipinski definition) is 5. The van der Waals surface area contributed by atoms with Crippen molar-refractivity contribution in [3.8, 4) is 17.1 Å². The molecule has 0 bridgehead atoms. The lowest BCUT2D eigenvalue weighted by Crippen LogP contribution is -2.45. The Morgan fingerprint density at radius 3 is 2.34 bits per heavy atom. The first kappa shape index (κ1) is 25.2. The van der Waals surface area contributed by atoms with Crippen molar-refractivity contribution in [3.05, 3.63) is 30.1 Å². The maximum atomic E-state index is 5.18. The maximum Gasteiger partial charge on any atom is 0.191 e. The standard InChI is InChI=1S/C20H33N7O.HI/c1-14(2)27(15(3)4)12-11-22-20(21-5)23-13-18-24-19(26-25-18)16-7-9-17(28-6)10-8-16;/h7-10,14-15H,11-13H2,1-6H3,(H2,21,22,23)(H,24,25,26);1H. The predicted octanol–water partition coefficient (Wildman–Crippen LogP) is 2.88. The lowest BCUT2D eigenvalue weighted by atomic mass is 10.2. The molecule has 1 heterocycles. The van der Waals surface area contributed by atoms with Crippen LogP contribution < -0.4 is 15.4 Å². The average Bonchev–Trinajstić information content (AvgIpc) is 3.16. The van der Waals surface area contributed by atoms with Crippen LogP contribution in [0, 0.1) is 0 Å². The number of aromatic amines is 1. The maximum absolute atomic E-state index is 5.18. The molecule has 0 radical (unpaired) electrons. The van der Waals surface area contributed by atoms with Gasteiger partial charge in [0.05, 0.1) is 13.7 Å². The SMILES string of the molecule is CN=C(NCCN(C(C)C)C(C)C)NCc1nc(-c2ccc(OC)cc2)n[nH]1.I. The number of aliphatic imine (C=N–C) groups is 1. The number of nitrogens with one attached hydrogen (secondary N) is 3. The second-order valence-electron chi connectivity index (χ2n) is 7.11. The Bertz CT molecular complexity index is 736. The molecule has 0 aliphatic carbocycles. The lowest BCUT2D eigenvalue weighted by Gasteiger charge is -2.30. The molecular weight excluding hydrogens is 481 g/mol. The van der Waals surface area contributed by atoms with Gasteiger partial charge in [-0.15, -0.1) is 24.0 Å². The highest BCUT2D eigenvalue weighted by atomic mass is 127. The van der Waals surface area contributed by atoms with Gasteiger partial charge in [-0.05, 0) is 52.0 Å². The molecular formula is C20H34IN7O. The molecule has 0 saturated heterocycles. The van der Waals surface area contributed by atoms with Crippen LogP contribution in [-0.2, 0) is 6.54 Å². The minimum atomic E-state index is 0. The number of ether oxygens (including phenoxy) is 1. The molecule has 0 fully saturated rings. The van der Waals surface area contributed by atoms with Crippen molar-refractivity contribution in [2.24, 2.45) is 4.99 Å². The second kappa shape index (κ2) is 12.6. The Labute approximate surface area is 190 Å². The fourth-order valence-electron chi connectivity index (χ4n) is 3.05. The fraction of sp³-hybridized carbons (Fsp3) is 0.550. The van der Waals surface area contributed by atoms with Gasteiger partial charge >= 0.3 is 0 Å². The number of halogens is 1. The van der Waals surface area contributed by atoms with Gasteiger partial charge in [0, 0.05) is 37.8 Å². The highest BCUT2D eigenvalue weighted by Gasteiger charge is 2.13. The summed E-state index contributed by atoms with van der Waals surface area (Å²) in [7, 11) is 3.41. The monoisotopic (exact) mass is 515 g/mol. The summed E-state index contributed by atoms with van der Waals surface area (Å²) in [5.41, 5.74) is 0.938. The number of methoxy groups -OCH3 is 1. The van der Waals surface area contributed by atoms with E-state index in [4.69, 9.17) is 4.74 Å². The van der Waals surface area contributed by atoms with Crippen molar-refractivity contribution < 1.29 is 4.74 Å². The molecule has 0 amide bonds. The van der Waals surface area contributed by atoms with E-state index < -0.39 is 0 Å². The third-order valence-corrected chi connectivity index (χ3v) is 4.52. The molecule has 8 nitrogen and oxygen atoms in total. The molecule has 0 atom stereocenters. The molecule has 162 valence electrons. The highest BCUT2D eigenvalue weighted by Crippen LogP contribution is 2.18. The first-order chi connectivity index (χ1) is 13.4. The van der Waals surface area contributed by atoms with E-state index in [1.807, 2.05) is 24.3 Å². The normalized spacial score (nSPS) is 11.7. The van der Waals surface area contributed by atoms with E-state index in [9.17, 15) is 0 Å². The summed E-state index contributed by atoms with van der Waals surface area (Å²) in [6.07, 6.45) is 0. The second-order valence-corrected chi connectivity index (χ2v) is 7.11. The molecule has 0 spiro atoms. The van der Waals surface area contributed by atoms with E-state index in [0.29, 0.717) is 24.5 Å². The topological polar surface area (TPSA) is 90.5 Å². The molecule has 0 aliphatic rings. The van der Waals surface area contributed by atoms with Crippen molar-refractivity contribution in [2.45, 2.75) is 46.3 Å². The van der Waals surface area contributed by atoms with Crippen LogP contribution in [0.5, 0.6) is 5.75 Å². The van der Waals surface area contributed by atoms with E-state index >= 15 is 0 Å². The molecule has 0 unspecified atom stereocenters. The molecule has 0 aliphatic heterocycles. The van der Waals surface area contributed by atoms with Gasteiger partial charge in [-0.25, -0.2) is 4.98 Å². The lowest BCUT2D eigenvalue weighted by molar-refractivity contribution is 0.178. The molecule has 1 aromatic heterocycles. The Hall–Kier alpha value is -1.88. The van der Waals surface area contributed by atoms with Gasteiger partial charge in [-0.1, -0.05) is 0 Å². The van der Waals surface area contributed by atoms with Crippen LogP contribution in [0.15, 0.2) is 29.3 Å². The summed E-state index contributed by atoms with van der Waals surface area (Å²) in [4.78, 5) is 11.3. The van der Waals surface area contributed by atoms with E-state index in [-0.39, 0.29) is 24.0 Å². The summed E-state index contributed by atoms with van der Waals surface area (Å²) in [6.45, 7) is 11.2. The van der Waals surface area contributed by atoms with Gasteiger partial charge in [0.15, 0.2) is 11.8 Å². The average molecular weight is 515 g/mol. The largest absolute Gasteiger partial charge is 0.497 e. The van der Waals surface area contributed by atoms with Crippen LogP contribution in [0.4, 0.5) is 0 Å². The van der Waals surface area contributed by atoms with Crippen molar-refractivity contribution >= 4 is 29.9 Å². The minimum Gasteiger partial charge on any atom is -0.497 e. The first-order valence-electron chi connectivity index (χ1n) is 9.70. The number of hydrogen-bond donors (Lipinski definition) is 3. The van der Waals surface area contributed by atoms with Crippen LogP contribution in [0.2, 0.25) is 0 Å². The minimum absolute atomic E-state index is 0. The summed E-state index contributed by atoms with van der Waals surface area (Å²) in [5, 5.41) is 13.9. The van der Waals surface area contributed by atoms with Crippen LogP contribution in [-0.4, -0.2) is 65.4 Å².